The lowest BCUT2D eigenvalue weighted by atomic mass is 10.1. The normalized spacial score (nSPS) is 18.9. The molecule has 2 amide bonds. The maximum atomic E-state index is 13.0. The van der Waals surface area contributed by atoms with Crippen LogP contribution >= 0.6 is 11.5 Å². The summed E-state index contributed by atoms with van der Waals surface area (Å²) in [4.78, 5) is 27.6. The summed E-state index contributed by atoms with van der Waals surface area (Å²) in [5, 5.41) is 8.61. The molecule has 2 aliphatic rings. The number of aromatic nitrogens is 2. The van der Waals surface area contributed by atoms with Crippen molar-refractivity contribution >= 4 is 23.3 Å². The third-order valence-corrected chi connectivity index (χ3v) is 5.30. The van der Waals surface area contributed by atoms with E-state index in [1.54, 1.807) is 22.4 Å². The fourth-order valence-electron chi connectivity index (χ4n) is 3.43. The maximum Gasteiger partial charge on any atom is 0.276 e. The maximum absolute atomic E-state index is 13.0. The van der Waals surface area contributed by atoms with Crippen LogP contribution in [0, 0.1) is 0 Å². The molecule has 0 aliphatic heterocycles. The van der Waals surface area contributed by atoms with Gasteiger partial charge in [0.15, 0.2) is 11.7 Å². The van der Waals surface area contributed by atoms with Gasteiger partial charge in [-0.1, -0.05) is 17.3 Å². The van der Waals surface area contributed by atoms with Gasteiger partial charge in [0.25, 0.3) is 11.8 Å². The third-order valence-electron chi connectivity index (χ3n) is 4.79. The Hall–Kier alpha value is -2.22. The minimum absolute atomic E-state index is 0.0404. The lowest BCUT2D eigenvalue weighted by molar-refractivity contribution is -0.127. The van der Waals surface area contributed by atoms with Crippen LogP contribution in [0.1, 0.15) is 60.8 Å². The van der Waals surface area contributed by atoms with Crippen molar-refractivity contribution in [1.82, 2.24) is 19.8 Å². The summed E-state index contributed by atoms with van der Waals surface area (Å²) in [5.74, 6) is 0.0449. The first-order valence-corrected chi connectivity index (χ1v) is 9.51. The van der Waals surface area contributed by atoms with Crippen molar-refractivity contribution in [2.24, 2.45) is 0 Å². The first kappa shape index (κ1) is 16.3. The molecule has 2 aromatic heterocycles. The highest BCUT2D eigenvalue weighted by atomic mass is 32.1. The zero-order valence-corrected chi connectivity index (χ0v) is 14.6. The molecule has 0 spiro atoms. The first-order chi connectivity index (χ1) is 12.2. The number of nitrogens with one attached hydrogen (secondary N) is 1. The number of nitrogens with zero attached hydrogens (tertiary/aromatic N) is 3. The summed E-state index contributed by atoms with van der Waals surface area (Å²) >= 11 is 1.13. The number of hydrogen-bond acceptors (Lipinski definition) is 6. The van der Waals surface area contributed by atoms with Crippen LogP contribution in [-0.4, -0.2) is 38.4 Å². The second-order valence-corrected chi connectivity index (χ2v) is 7.25. The molecule has 4 rings (SSSR count). The van der Waals surface area contributed by atoms with Crippen LogP contribution in [0.25, 0.3) is 0 Å². The van der Waals surface area contributed by atoms with Crippen molar-refractivity contribution in [3.05, 3.63) is 35.2 Å². The lowest BCUT2D eigenvalue weighted by Crippen LogP contribution is -2.47. The molecule has 0 radical (unpaired) electrons. The van der Waals surface area contributed by atoms with Crippen LogP contribution in [0.4, 0.5) is 0 Å². The summed E-state index contributed by atoms with van der Waals surface area (Å²) in [6, 6.07) is 2.95. The zero-order valence-electron chi connectivity index (χ0n) is 13.8. The summed E-state index contributed by atoms with van der Waals surface area (Å²) in [7, 11) is 0. The van der Waals surface area contributed by atoms with Crippen LogP contribution in [-0.2, 0) is 4.79 Å². The highest BCUT2D eigenvalue weighted by Crippen LogP contribution is 2.36. The lowest BCUT2D eigenvalue weighted by Gasteiger charge is -2.30. The van der Waals surface area contributed by atoms with Gasteiger partial charge in [0.05, 0.1) is 6.26 Å². The molecule has 2 aromatic rings. The monoisotopic (exact) mass is 360 g/mol. The van der Waals surface area contributed by atoms with Crippen LogP contribution in [0.5, 0.6) is 0 Å². The van der Waals surface area contributed by atoms with Gasteiger partial charge in [0.1, 0.15) is 5.76 Å². The van der Waals surface area contributed by atoms with E-state index in [9.17, 15) is 9.59 Å². The molecule has 2 aliphatic carbocycles. The fourth-order valence-corrected chi connectivity index (χ4v) is 3.86. The Morgan fingerprint density at radius 3 is 2.68 bits per heavy atom. The van der Waals surface area contributed by atoms with Crippen molar-refractivity contribution < 1.29 is 14.0 Å². The van der Waals surface area contributed by atoms with Crippen molar-refractivity contribution in [3.8, 4) is 0 Å². The topological polar surface area (TPSA) is 88.3 Å². The van der Waals surface area contributed by atoms with E-state index >= 15 is 0 Å². The summed E-state index contributed by atoms with van der Waals surface area (Å²) in [6.07, 6.45) is 7.55. The molecule has 2 fully saturated rings. The van der Waals surface area contributed by atoms with Gasteiger partial charge in [-0.3, -0.25) is 9.59 Å². The predicted octanol–water partition coefficient (Wildman–Crippen LogP) is 2.54. The Morgan fingerprint density at radius 1 is 1.28 bits per heavy atom. The Bertz CT molecular complexity index is 721. The van der Waals surface area contributed by atoms with Crippen molar-refractivity contribution in [1.29, 1.82) is 0 Å². The van der Waals surface area contributed by atoms with Gasteiger partial charge < -0.3 is 14.6 Å². The molecule has 25 heavy (non-hydrogen) atoms. The van der Waals surface area contributed by atoms with E-state index in [2.05, 4.69) is 14.9 Å². The summed E-state index contributed by atoms with van der Waals surface area (Å²) in [5.41, 5.74) is 0.280. The van der Waals surface area contributed by atoms with E-state index < -0.39 is 6.04 Å². The molecular formula is C17H20N4O3S. The van der Waals surface area contributed by atoms with E-state index in [1.165, 1.54) is 6.26 Å². The number of rotatable bonds is 6. The van der Waals surface area contributed by atoms with Gasteiger partial charge >= 0.3 is 0 Å². The quantitative estimate of drug-likeness (QED) is 0.855. The van der Waals surface area contributed by atoms with Crippen molar-refractivity contribution in [3.63, 3.8) is 0 Å². The zero-order chi connectivity index (χ0) is 17.2. The van der Waals surface area contributed by atoms with Gasteiger partial charge in [0, 0.05) is 17.5 Å². The van der Waals surface area contributed by atoms with Crippen molar-refractivity contribution in [2.45, 2.75) is 56.7 Å². The minimum Gasteiger partial charge on any atom is -0.467 e. The SMILES string of the molecule is O=C(NC1CCCC1)[C@@H](c1ccco1)N(C(=O)c1csnn1)C1CC1. The van der Waals surface area contributed by atoms with Crippen LogP contribution in [0.3, 0.4) is 0 Å². The van der Waals surface area contributed by atoms with E-state index in [-0.39, 0.29) is 29.6 Å². The molecular weight excluding hydrogens is 340 g/mol. The Morgan fingerprint density at radius 2 is 2.08 bits per heavy atom. The van der Waals surface area contributed by atoms with Crippen LogP contribution < -0.4 is 5.32 Å². The van der Waals surface area contributed by atoms with Gasteiger partial charge in [0.2, 0.25) is 0 Å². The van der Waals surface area contributed by atoms with Crippen LogP contribution in [0.15, 0.2) is 28.2 Å². The molecule has 1 N–H and O–H groups in total. The second-order valence-electron chi connectivity index (χ2n) is 6.64. The Balaban J connectivity index is 1.63. The molecule has 0 saturated heterocycles. The number of carbonyl (C=O) groups excluding carboxylic acids is 2. The molecule has 8 heteroatoms. The number of carbonyl (C=O) groups is 2. The fraction of sp³-hybridized carbons (Fsp3) is 0.529. The highest BCUT2D eigenvalue weighted by Gasteiger charge is 2.44. The molecule has 0 bridgehead atoms. The Labute approximate surface area is 149 Å². The standard InChI is InChI=1S/C17H20N4O3S/c22-16(18-11-4-1-2-5-11)15(14-6-3-9-24-14)21(12-7-8-12)17(23)13-10-25-20-19-13/h3,6,9-12,15H,1-2,4-5,7-8H2,(H,18,22)/t15-/m1/s1. The Kier molecular flexibility index (Phi) is 4.52. The van der Waals surface area contributed by atoms with Crippen LogP contribution in [0.2, 0.25) is 0 Å². The largest absolute Gasteiger partial charge is 0.467 e. The van der Waals surface area contributed by atoms with Crippen molar-refractivity contribution in [2.75, 3.05) is 0 Å². The first-order valence-electron chi connectivity index (χ1n) is 8.67. The summed E-state index contributed by atoms with van der Waals surface area (Å²) in [6.45, 7) is 0. The van der Waals surface area contributed by atoms with Gasteiger partial charge in [-0.2, -0.15) is 0 Å². The summed E-state index contributed by atoms with van der Waals surface area (Å²) < 4.78 is 9.30. The van der Waals surface area contributed by atoms with Gasteiger partial charge in [-0.05, 0) is 49.3 Å². The number of amides is 2. The van der Waals surface area contributed by atoms with E-state index in [4.69, 9.17) is 4.42 Å². The smallest absolute Gasteiger partial charge is 0.276 e. The average molecular weight is 360 g/mol. The minimum atomic E-state index is -0.766. The van der Waals surface area contributed by atoms with Gasteiger partial charge in [-0.15, -0.1) is 5.10 Å². The number of hydrogen-bond donors (Lipinski definition) is 1. The average Bonchev–Trinajstić information content (AvgIpc) is 3.10. The second kappa shape index (κ2) is 6.95. The number of furan rings is 1. The molecule has 2 heterocycles. The molecule has 2 saturated carbocycles. The predicted molar refractivity (Wildman–Crippen MR) is 90.9 cm³/mol. The molecule has 0 aromatic carbocycles. The third kappa shape index (κ3) is 3.44. The van der Waals surface area contributed by atoms with Gasteiger partial charge in [-0.25, -0.2) is 0 Å². The molecule has 7 nitrogen and oxygen atoms in total. The highest BCUT2D eigenvalue weighted by molar-refractivity contribution is 7.03. The van der Waals surface area contributed by atoms with E-state index in [0.717, 1.165) is 50.1 Å². The molecule has 132 valence electrons. The van der Waals surface area contributed by atoms with E-state index in [1.807, 2.05) is 0 Å². The molecule has 1 atom stereocenters. The van der Waals surface area contributed by atoms with E-state index in [0.29, 0.717) is 5.76 Å². The molecule has 0 unspecified atom stereocenters.